The molecule has 0 aromatic heterocycles. The molecule has 0 aliphatic carbocycles. The van der Waals surface area contributed by atoms with Crippen molar-refractivity contribution in [1.29, 1.82) is 0 Å². The Labute approximate surface area is 140 Å². The number of benzene rings is 2. The minimum atomic E-state index is -1.31. The first-order valence-corrected chi connectivity index (χ1v) is 7.53. The Kier molecular flexibility index (Phi) is 3.69. The average Bonchev–Trinajstić information content (AvgIpc) is 2.85. The van der Waals surface area contributed by atoms with E-state index in [4.69, 9.17) is 9.47 Å². The van der Waals surface area contributed by atoms with E-state index >= 15 is 0 Å². The van der Waals surface area contributed by atoms with E-state index in [9.17, 15) is 18.5 Å². The lowest BCUT2D eigenvalue weighted by Gasteiger charge is -2.24. The summed E-state index contributed by atoms with van der Waals surface area (Å²) < 4.78 is 37.9. The Bertz CT molecular complexity index is 887. The van der Waals surface area contributed by atoms with Crippen molar-refractivity contribution in [2.24, 2.45) is 5.18 Å². The van der Waals surface area contributed by atoms with Crippen molar-refractivity contribution in [2.45, 2.75) is 19.2 Å². The summed E-state index contributed by atoms with van der Waals surface area (Å²) in [7, 11) is 0. The Morgan fingerprint density at radius 3 is 2.84 bits per heavy atom. The number of hydrogen-bond donors (Lipinski definition) is 0. The van der Waals surface area contributed by atoms with Crippen molar-refractivity contribution in [3.05, 3.63) is 63.6 Å². The molecule has 4 rings (SSSR count). The average molecular weight is 346 g/mol. The molecule has 1 atom stereocenters. The second kappa shape index (κ2) is 5.89. The molecule has 1 unspecified atom stereocenters. The van der Waals surface area contributed by atoms with E-state index in [1.165, 1.54) is 29.2 Å². The Morgan fingerprint density at radius 2 is 2.04 bits per heavy atom. The Morgan fingerprint density at radius 1 is 1.20 bits per heavy atom. The monoisotopic (exact) mass is 346 g/mol. The molecule has 128 valence electrons. The molecule has 0 saturated heterocycles. The molecule has 0 saturated carbocycles. The molecule has 0 spiro atoms. The van der Waals surface area contributed by atoms with Crippen LogP contribution in [0.5, 0.6) is 5.75 Å². The van der Waals surface area contributed by atoms with E-state index in [-0.39, 0.29) is 25.5 Å². The number of fused-ring (bicyclic) bond motifs is 2. The quantitative estimate of drug-likeness (QED) is 0.801. The normalized spacial score (nSPS) is 18.6. The van der Waals surface area contributed by atoms with Crippen molar-refractivity contribution >= 4 is 11.6 Å². The van der Waals surface area contributed by atoms with Gasteiger partial charge in [0.2, 0.25) is 0 Å². The van der Waals surface area contributed by atoms with Crippen LogP contribution in [0.3, 0.4) is 0 Å². The summed E-state index contributed by atoms with van der Waals surface area (Å²) in [6.07, 6.45) is 0. The first-order valence-electron chi connectivity index (χ1n) is 7.53. The number of ether oxygens (including phenoxy) is 2. The molecular weight excluding hydrogens is 334 g/mol. The van der Waals surface area contributed by atoms with Crippen LogP contribution in [0.25, 0.3) is 0 Å². The van der Waals surface area contributed by atoms with Gasteiger partial charge in [-0.2, -0.15) is 0 Å². The van der Waals surface area contributed by atoms with Gasteiger partial charge in [0.15, 0.2) is 12.8 Å². The fourth-order valence-electron chi connectivity index (χ4n) is 3.20. The van der Waals surface area contributed by atoms with Crippen LogP contribution in [0.15, 0.2) is 35.5 Å². The number of carbonyl (C=O) groups excluding carboxylic acids is 1. The summed E-state index contributed by atoms with van der Waals surface area (Å²) >= 11 is 0. The third kappa shape index (κ3) is 2.54. The first kappa shape index (κ1) is 15.6. The molecule has 2 heterocycles. The van der Waals surface area contributed by atoms with Crippen LogP contribution in [0.4, 0.5) is 14.5 Å². The van der Waals surface area contributed by atoms with Crippen LogP contribution >= 0.6 is 0 Å². The van der Waals surface area contributed by atoms with E-state index in [1.807, 2.05) is 0 Å². The Hall–Kier alpha value is -2.87. The maximum absolute atomic E-state index is 13.9. The first-order chi connectivity index (χ1) is 12.1. The lowest BCUT2D eigenvalue weighted by atomic mass is 10.1. The summed E-state index contributed by atoms with van der Waals surface area (Å²) in [6.45, 7) is 0.206. The van der Waals surface area contributed by atoms with Gasteiger partial charge in [0.05, 0.1) is 18.8 Å². The highest BCUT2D eigenvalue weighted by molar-refractivity contribution is 6.04. The van der Waals surface area contributed by atoms with Crippen LogP contribution < -0.4 is 9.64 Å². The summed E-state index contributed by atoms with van der Waals surface area (Å²) in [4.78, 5) is 24.9. The zero-order chi connectivity index (χ0) is 17.6. The maximum atomic E-state index is 13.9. The summed E-state index contributed by atoms with van der Waals surface area (Å²) in [6, 6.07) is 4.98. The third-order valence-electron chi connectivity index (χ3n) is 4.26. The molecule has 2 aliphatic rings. The number of carbonyl (C=O) groups is 1. The van der Waals surface area contributed by atoms with Crippen molar-refractivity contribution in [2.75, 3.05) is 11.7 Å². The predicted molar refractivity (Wildman–Crippen MR) is 82.8 cm³/mol. The molecule has 1 amide bonds. The molecule has 2 aliphatic heterocycles. The van der Waals surface area contributed by atoms with Gasteiger partial charge in [0.1, 0.15) is 17.4 Å². The number of hydrogen-bond acceptors (Lipinski definition) is 5. The highest BCUT2D eigenvalue weighted by atomic mass is 19.1. The molecule has 2 aromatic carbocycles. The van der Waals surface area contributed by atoms with Crippen LogP contribution in [-0.4, -0.2) is 12.7 Å². The van der Waals surface area contributed by atoms with Gasteiger partial charge in [0.25, 0.3) is 5.91 Å². The predicted octanol–water partition coefficient (Wildman–Crippen LogP) is 3.19. The van der Waals surface area contributed by atoms with Gasteiger partial charge in [-0.3, -0.25) is 4.79 Å². The molecule has 0 radical (unpaired) electrons. The van der Waals surface area contributed by atoms with Crippen molar-refractivity contribution in [1.82, 2.24) is 0 Å². The van der Waals surface area contributed by atoms with Crippen molar-refractivity contribution in [3.8, 4) is 5.75 Å². The molecular formula is C17H12F2N2O4. The van der Waals surface area contributed by atoms with Gasteiger partial charge < -0.3 is 14.4 Å². The second-order valence-corrected chi connectivity index (χ2v) is 5.80. The number of nitroso groups, excluding NO2 is 1. The Balaban J connectivity index is 1.76. The van der Waals surface area contributed by atoms with Crippen LogP contribution in [0, 0.1) is 16.5 Å². The molecule has 2 aromatic rings. The molecule has 0 N–H and O–H groups in total. The van der Waals surface area contributed by atoms with E-state index in [1.54, 1.807) is 0 Å². The lowest BCUT2D eigenvalue weighted by molar-refractivity contribution is -0.119. The maximum Gasteiger partial charge on any atom is 0.260 e. The van der Waals surface area contributed by atoms with Crippen LogP contribution in [0.1, 0.15) is 22.7 Å². The fourth-order valence-corrected chi connectivity index (χ4v) is 3.20. The zero-order valence-corrected chi connectivity index (χ0v) is 12.9. The van der Waals surface area contributed by atoms with Crippen LogP contribution in [0.2, 0.25) is 0 Å². The van der Waals surface area contributed by atoms with Gasteiger partial charge >= 0.3 is 0 Å². The van der Waals surface area contributed by atoms with Gasteiger partial charge in [0, 0.05) is 16.7 Å². The second-order valence-electron chi connectivity index (χ2n) is 5.80. The zero-order valence-electron chi connectivity index (χ0n) is 12.9. The number of amides is 1. The number of rotatable bonds is 3. The minimum Gasteiger partial charge on any atom is -0.467 e. The summed E-state index contributed by atoms with van der Waals surface area (Å²) in [5.74, 6) is -1.18. The number of anilines is 1. The molecule has 6 nitrogen and oxygen atoms in total. The molecule has 25 heavy (non-hydrogen) atoms. The highest BCUT2D eigenvalue weighted by Crippen LogP contribution is 2.40. The molecule has 0 fully saturated rings. The highest BCUT2D eigenvalue weighted by Gasteiger charge is 2.39. The SMILES string of the molecule is O=NC1C(=O)N(Cc2cc(F)cc3c2OCOC3)c2ccc(F)cc21. The van der Waals surface area contributed by atoms with E-state index in [2.05, 4.69) is 5.18 Å². The lowest BCUT2D eigenvalue weighted by Crippen LogP contribution is -2.28. The van der Waals surface area contributed by atoms with Gasteiger partial charge in [-0.15, -0.1) is 4.91 Å². The molecule has 8 heteroatoms. The fraction of sp³-hybridized carbons (Fsp3) is 0.235. The van der Waals surface area contributed by atoms with Crippen molar-refractivity contribution < 1.29 is 23.0 Å². The van der Waals surface area contributed by atoms with E-state index in [0.29, 0.717) is 22.6 Å². The number of nitrogens with zero attached hydrogens (tertiary/aromatic N) is 2. The smallest absolute Gasteiger partial charge is 0.260 e. The third-order valence-corrected chi connectivity index (χ3v) is 4.26. The van der Waals surface area contributed by atoms with Crippen molar-refractivity contribution in [3.63, 3.8) is 0 Å². The van der Waals surface area contributed by atoms with Gasteiger partial charge in [-0.1, -0.05) is 5.18 Å². The molecule has 0 bridgehead atoms. The standard InChI is InChI=1S/C17H12F2N2O4/c18-11-1-2-14-13(5-11)15(20-23)17(22)21(14)6-9-3-12(19)4-10-7-24-8-25-16(9)10/h1-5,15H,6-8H2. The number of halogens is 2. The van der Waals surface area contributed by atoms with Gasteiger partial charge in [-0.25, -0.2) is 8.78 Å². The topological polar surface area (TPSA) is 68.2 Å². The minimum absolute atomic E-state index is 0.0242. The van der Waals surface area contributed by atoms with E-state index in [0.717, 1.165) is 6.07 Å². The summed E-state index contributed by atoms with van der Waals surface area (Å²) in [5.41, 5.74) is 1.56. The van der Waals surface area contributed by atoms with E-state index < -0.39 is 23.6 Å². The van der Waals surface area contributed by atoms with Crippen LogP contribution in [-0.2, 0) is 22.7 Å². The van der Waals surface area contributed by atoms with Gasteiger partial charge in [-0.05, 0) is 30.3 Å². The largest absolute Gasteiger partial charge is 0.467 e. The summed E-state index contributed by atoms with van der Waals surface area (Å²) in [5, 5.41) is 2.81.